The molecule has 92 valence electrons. The second-order valence-electron chi connectivity index (χ2n) is 4.27. The van der Waals surface area contributed by atoms with E-state index in [0.717, 1.165) is 6.54 Å². The minimum Gasteiger partial charge on any atom is -0.478 e. The minimum atomic E-state index is -1.09. The normalized spacial score (nSPS) is 16.1. The number of rotatable bonds is 4. The molecule has 0 atom stereocenters. The molecule has 1 aromatic rings. The summed E-state index contributed by atoms with van der Waals surface area (Å²) in [6.45, 7) is 0.815. The summed E-state index contributed by atoms with van der Waals surface area (Å²) in [7, 11) is 0. The van der Waals surface area contributed by atoms with Gasteiger partial charge in [0.05, 0.1) is 0 Å². The fourth-order valence-corrected chi connectivity index (χ4v) is 2.25. The van der Waals surface area contributed by atoms with Gasteiger partial charge in [0.25, 0.3) is 0 Å². The number of carboxylic acids is 1. The van der Waals surface area contributed by atoms with Gasteiger partial charge in [-0.1, -0.05) is 24.4 Å². The average Bonchev–Trinajstić information content (AvgIpc) is 2.80. The van der Waals surface area contributed by atoms with Gasteiger partial charge in [-0.05, 0) is 18.8 Å². The van der Waals surface area contributed by atoms with Crippen LogP contribution in [0.25, 0.3) is 0 Å². The van der Waals surface area contributed by atoms with Crippen LogP contribution in [0.1, 0.15) is 36.0 Å². The molecule has 0 aromatic carbocycles. The molecule has 1 aromatic heterocycles. The van der Waals surface area contributed by atoms with Gasteiger partial charge in [0.1, 0.15) is 11.4 Å². The number of nitrogens with one attached hydrogen (secondary N) is 1. The second-order valence-corrected chi connectivity index (χ2v) is 4.63. The molecule has 0 unspecified atom stereocenters. The first-order valence-electron chi connectivity index (χ1n) is 5.67. The van der Waals surface area contributed by atoms with Crippen molar-refractivity contribution in [2.24, 2.45) is 5.92 Å². The van der Waals surface area contributed by atoms with Gasteiger partial charge in [-0.3, -0.25) is 0 Å². The van der Waals surface area contributed by atoms with Crippen molar-refractivity contribution in [3.63, 3.8) is 0 Å². The lowest BCUT2D eigenvalue weighted by Crippen LogP contribution is -2.13. The Kier molecular flexibility index (Phi) is 3.78. The van der Waals surface area contributed by atoms with Crippen LogP contribution in [0, 0.1) is 5.92 Å². The van der Waals surface area contributed by atoms with Crippen molar-refractivity contribution in [3.8, 4) is 0 Å². The van der Waals surface area contributed by atoms with Crippen LogP contribution in [0.15, 0.2) is 6.07 Å². The summed E-state index contributed by atoms with van der Waals surface area (Å²) in [5.41, 5.74) is -0.0180. The molecule has 1 aliphatic carbocycles. The van der Waals surface area contributed by atoms with Gasteiger partial charge in [0.15, 0.2) is 5.15 Å². The highest BCUT2D eigenvalue weighted by molar-refractivity contribution is 6.32. The number of hydrogen-bond donors (Lipinski definition) is 2. The lowest BCUT2D eigenvalue weighted by Gasteiger charge is -2.10. The molecule has 17 heavy (non-hydrogen) atoms. The molecule has 1 fully saturated rings. The van der Waals surface area contributed by atoms with E-state index >= 15 is 0 Å². The average molecular weight is 256 g/mol. The van der Waals surface area contributed by atoms with Gasteiger partial charge in [-0.2, -0.15) is 0 Å². The Balaban J connectivity index is 2.00. The molecule has 0 saturated heterocycles. The van der Waals surface area contributed by atoms with E-state index in [1.54, 1.807) is 0 Å². The Morgan fingerprint density at radius 1 is 1.47 bits per heavy atom. The van der Waals surface area contributed by atoms with Gasteiger partial charge in [0, 0.05) is 12.6 Å². The van der Waals surface area contributed by atoms with Crippen LogP contribution in [0.4, 0.5) is 5.82 Å². The molecule has 5 nitrogen and oxygen atoms in total. The van der Waals surface area contributed by atoms with Crippen LogP contribution in [0.5, 0.6) is 0 Å². The summed E-state index contributed by atoms with van der Waals surface area (Å²) < 4.78 is 0. The second kappa shape index (κ2) is 5.31. The highest BCUT2D eigenvalue weighted by Gasteiger charge is 2.16. The smallest absolute Gasteiger partial charge is 0.339 e. The molecule has 2 N–H and O–H groups in total. The maximum Gasteiger partial charge on any atom is 0.339 e. The summed E-state index contributed by atoms with van der Waals surface area (Å²) in [5.74, 6) is 0.0354. The Morgan fingerprint density at radius 3 is 2.82 bits per heavy atom. The van der Waals surface area contributed by atoms with Crippen molar-refractivity contribution in [1.82, 2.24) is 10.2 Å². The number of anilines is 1. The van der Waals surface area contributed by atoms with Gasteiger partial charge in [-0.25, -0.2) is 4.79 Å². The highest BCUT2D eigenvalue weighted by Crippen LogP contribution is 2.25. The van der Waals surface area contributed by atoms with Crippen molar-refractivity contribution in [3.05, 3.63) is 16.8 Å². The number of nitrogens with zero attached hydrogens (tertiary/aromatic N) is 2. The predicted molar refractivity (Wildman–Crippen MR) is 64.4 cm³/mol. The Bertz CT molecular complexity index is 419. The standard InChI is InChI=1S/C11H14ClN3O2/c12-10-8(11(16)17)5-9(14-15-10)13-6-7-3-1-2-4-7/h5,7H,1-4,6H2,(H,13,14)(H,16,17). The van der Waals surface area contributed by atoms with Crippen molar-refractivity contribution in [2.75, 3.05) is 11.9 Å². The molecule has 1 aliphatic rings. The van der Waals surface area contributed by atoms with Crippen LogP contribution in [-0.4, -0.2) is 27.8 Å². The van der Waals surface area contributed by atoms with Crippen LogP contribution in [0.3, 0.4) is 0 Å². The molecule has 0 bridgehead atoms. The molecule has 1 saturated carbocycles. The molecular weight excluding hydrogens is 242 g/mol. The topological polar surface area (TPSA) is 75.1 Å². The summed E-state index contributed by atoms with van der Waals surface area (Å²) >= 11 is 5.64. The van der Waals surface area contributed by atoms with Crippen molar-refractivity contribution < 1.29 is 9.90 Å². The molecule has 0 spiro atoms. The van der Waals surface area contributed by atoms with Gasteiger partial charge >= 0.3 is 5.97 Å². The fraction of sp³-hybridized carbons (Fsp3) is 0.545. The lowest BCUT2D eigenvalue weighted by atomic mass is 10.1. The van der Waals surface area contributed by atoms with Crippen molar-refractivity contribution in [1.29, 1.82) is 0 Å². The Morgan fingerprint density at radius 2 is 2.18 bits per heavy atom. The maximum atomic E-state index is 10.9. The summed E-state index contributed by atoms with van der Waals surface area (Å²) in [4.78, 5) is 10.9. The third-order valence-electron chi connectivity index (χ3n) is 3.03. The molecule has 1 heterocycles. The van der Waals surface area contributed by atoms with Gasteiger partial charge in [0.2, 0.25) is 0 Å². The van der Waals surface area contributed by atoms with Crippen LogP contribution in [0.2, 0.25) is 5.15 Å². The van der Waals surface area contributed by atoms with E-state index in [1.807, 2.05) is 0 Å². The van der Waals surface area contributed by atoms with Gasteiger partial charge in [-0.15, -0.1) is 10.2 Å². The number of aromatic carboxylic acids is 1. The van der Waals surface area contributed by atoms with E-state index in [-0.39, 0.29) is 10.7 Å². The van der Waals surface area contributed by atoms with E-state index in [4.69, 9.17) is 16.7 Å². The van der Waals surface area contributed by atoms with E-state index in [1.165, 1.54) is 31.7 Å². The number of halogens is 1. The SMILES string of the molecule is O=C(O)c1cc(NCC2CCCC2)nnc1Cl. The third-order valence-corrected chi connectivity index (χ3v) is 3.31. The van der Waals surface area contributed by atoms with Crippen LogP contribution >= 0.6 is 11.6 Å². The zero-order chi connectivity index (χ0) is 12.3. The largest absolute Gasteiger partial charge is 0.478 e. The van der Waals surface area contributed by atoms with Crippen molar-refractivity contribution in [2.45, 2.75) is 25.7 Å². The maximum absolute atomic E-state index is 10.9. The highest BCUT2D eigenvalue weighted by atomic mass is 35.5. The van der Waals surface area contributed by atoms with Crippen LogP contribution < -0.4 is 5.32 Å². The molecule has 0 amide bonds. The summed E-state index contributed by atoms with van der Waals surface area (Å²) in [6, 6.07) is 1.42. The number of hydrogen-bond acceptors (Lipinski definition) is 4. The summed E-state index contributed by atoms with van der Waals surface area (Å²) in [5, 5.41) is 19.4. The molecule has 2 rings (SSSR count). The monoisotopic (exact) mass is 255 g/mol. The quantitative estimate of drug-likeness (QED) is 0.864. The summed E-state index contributed by atoms with van der Waals surface area (Å²) in [6.07, 6.45) is 5.00. The molecule has 6 heteroatoms. The molecule has 0 aliphatic heterocycles. The van der Waals surface area contributed by atoms with E-state index in [9.17, 15) is 4.79 Å². The van der Waals surface area contributed by atoms with Crippen molar-refractivity contribution >= 4 is 23.4 Å². The zero-order valence-corrected chi connectivity index (χ0v) is 10.1. The first-order valence-corrected chi connectivity index (χ1v) is 6.05. The van der Waals surface area contributed by atoms with E-state index in [0.29, 0.717) is 11.7 Å². The molecule has 0 radical (unpaired) electrons. The third kappa shape index (κ3) is 3.06. The predicted octanol–water partition coefficient (Wildman–Crippen LogP) is 2.43. The zero-order valence-electron chi connectivity index (χ0n) is 9.32. The number of carbonyl (C=O) groups is 1. The minimum absolute atomic E-state index is 0.0180. The van der Waals surface area contributed by atoms with Gasteiger partial charge < -0.3 is 10.4 Å². The first-order chi connectivity index (χ1) is 8.16. The Hall–Kier alpha value is -1.36. The van der Waals surface area contributed by atoms with E-state index < -0.39 is 5.97 Å². The lowest BCUT2D eigenvalue weighted by molar-refractivity contribution is 0.0696. The fourth-order valence-electron chi connectivity index (χ4n) is 2.08. The van der Waals surface area contributed by atoms with E-state index in [2.05, 4.69) is 15.5 Å². The number of aromatic nitrogens is 2. The number of carboxylic acid groups (broad SMARTS) is 1. The van der Waals surface area contributed by atoms with Crippen LogP contribution in [-0.2, 0) is 0 Å². The first kappa shape index (κ1) is 12.1. The Labute approximate surface area is 104 Å². The molecular formula is C11H14ClN3O2.